The largest absolute Gasteiger partial charge is 0.444 e. The fourth-order valence-corrected chi connectivity index (χ4v) is 3.04. The number of ether oxygens (including phenoxy) is 1. The summed E-state index contributed by atoms with van der Waals surface area (Å²) in [4.78, 5) is 30.0. The highest BCUT2D eigenvalue weighted by Crippen LogP contribution is 2.23. The van der Waals surface area contributed by atoms with Gasteiger partial charge in [0.15, 0.2) is 0 Å². The fraction of sp³-hybridized carbons (Fsp3) is 0.600. The summed E-state index contributed by atoms with van der Waals surface area (Å²) in [5.41, 5.74) is 0.858. The van der Waals surface area contributed by atoms with E-state index in [9.17, 15) is 9.59 Å². The van der Waals surface area contributed by atoms with E-state index in [-0.39, 0.29) is 11.9 Å². The van der Waals surface area contributed by atoms with E-state index in [0.717, 1.165) is 18.4 Å². The number of Topliss-reactive ketones (excluding diaryl/α,β-unsaturated/α-hetero) is 1. The normalized spacial score (nSPS) is 15.4. The Labute approximate surface area is 155 Å². The van der Waals surface area contributed by atoms with Crippen molar-refractivity contribution in [1.82, 2.24) is 9.88 Å². The minimum atomic E-state index is -0.484. The van der Waals surface area contributed by atoms with Crippen LogP contribution >= 0.6 is 0 Å². The molecule has 1 amide bonds. The number of likely N-dealkylation sites (tertiary alicyclic amines) is 1. The van der Waals surface area contributed by atoms with Crippen LogP contribution in [0.25, 0.3) is 0 Å². The molecule has 6 heteroatoms. The van der Waals surface area contributed by atoms with Crippen molar-refractivity contribution in [2.45, 2.75) is 58.5 Å². The van der Waals surface area contributed by atoms with Crippen molar-refractivity contribution in [2.24, 2.45) is 5.92 Å². The Hall–Kier alpha value is -2.42. The van der Waals surface area contributed by atoms with E-state index in [1.165, 1.54) is 0 Å². The number of piperidine rings is 1. The number of aromatic nitrogens is 1. The smallest absolute Gasteiger partial charge is 0.410 e. The number of pyridine rings is 1. The maximum atomic E-state index is 12.3. The minimum Gasteiger partial charge on any atom is -0.444 e. The second-order valence-electron chi connectivity index (χ2n) is 7.81. The molecule has 0 atom stereocenters. The van der Waals surface area contributed by atoms with Gasteiger partial charge in [0, 0.05) is 32.1 Å². The molecule has 1 aromatic heterocycles. The number of carbonyl (C=O) groups excluding carboxylic acids is 2. The second kappa shape index (κ2) is 8.79. The second-order valence-corrected chi connectivity index (χ2v) is 7.81. The van der Waals surface area contributed by atoms with Crippen LogP contribution in [0.4, 0.5) is 4.79 Å². The Morgan fingerprint density at radius 2 is 2.04 bits per heavy atom. The zero-order valence-corrected chi connectivity index (χ0v) is 15.8. The molecule has 1 fully saturated rings. The van der Waals surface area contributed by atoms with E-state index in [1.54, 1.807) is 17.2 Å². The standard InChI is InChI=1S/C20H27N3O3/c1-20(2,3)26-19(25)23-10-7-16(8-11-23)13-18(24)5-4-15-6-9-22-17(12-15)14-21/h6,9,12,16H,4-5,7-8,10-11,13H2,1-3H3. The number of nitrogens with zero attached hydrogens (tertiary/aromatic N) is 3. The molecule has 1 aliphatic rings. The topological polar surface area (TPSA) is 83.3 Å². The Morgan fingerprint density at radius 3 is 2.65 bits per heavy atom. The SMILES string of the molecule is CC(C)(C)OC(=O)N1CCC(CC(=O)CCc2ccnc(C#N)c2)CC1. The zero-order chi connectivity index (χ0) is 19.2. The summed E-state index contributed by atoms with van der Waals surface area (Å²) in [6.07, 6.45) is 4.66. The van der Waals surface area contributed by atoms with Gasteiger partial charge in [-0.15, -0.1) is 0 Å². The van der Waals surface area contributed by atoms with Gasteiger partial charge >= 0.3 is 6.09 Å². The average Bonchev–Trinajstić information content (AvgIpc) is 2.59. The maximum absolute atomic E-state index is 12.3. The first-order chi connectivity index (χ1) is 12.3. The Bertz CT molecular complexity index is 680. The summed E-state index contributed by atoms with van der Waals surface area (Å²) in [6, 6.07) is 5.58. The predicted octanol–water partition coefficient (Wildman–Crippen LogP) is 3.49. The minimum absolute atomic E-state index is 0.232. The van der Waals surface area contributed by atoms with Gasteiger partial charge in [0.2, 0.25) is 0 Å². The summed E-state index contributed by atoms with van der Waals surface area (Å²) in [5.74, 6) is 0.560. The lowest BCUT2D eigenvalue weighted by atomic mass is 9.90. The van der Waals surface area contributed by atoms with Crippen molar-refractivity contribution in [3.05, 3.63) is 29.6 Å². The summed E-state index contributed by atoms with van der Waals surface area (Å²) < 4.78 is 5.39. The van der Waals surface area contributed by atoms with E-state index < -0.39 is 5.60 Å². The quantitative estimate of drug-likeness (QED) is 0.805. The van der Waals surface area contributed by atoms with E-state index in [1.807, 2.05) is 32.9 Å². The predicted molar refractivity (Wildman–Crippen MR) is 97.4 cm³/mol. The van der Waals surface area contributed by atoms with Crippen LogP contribution in [0, 0.1) is 17.2 Å². The van der Waals surface area contributed by atoms with Gasteiger partial charge in [-0.3, -0.25) is 4.79 Å². The number of carbonyl (C=O) groups is 2. The molecule has 0 bridgehead atoms. The van der Waals surface area contributed by atoms with Crippen LogP contribution in [-0.4, -0.2) is 40.5 Å². The highest BCUT2D eigenvalue weighted by atomic mass is 16.6. The number of hydrogen-bond donors (Lipinski definition) is 0. The van der Waals surface area contributed by atoms with Crippen LogP contribution < -0.4 is 0 Å². The molecule has 0 aromatic carbocycles. The molecule has 0 N–H and O–H groups in total. The fourth-order valence-electron chi connectivity index (χ4n) is 3.04. The molecule has 6 nitrogen and oxygen atoms in total. The van der Waals surface area contributed by atoms with Gasteiger partial charge in [-0.1, -0.05) is 0 Å². The van der Waals surface area contributed by atoms with Crippen molar-refractivity contribution in [1.29, 1.82) is 5.26 Å². The summed E-state index contributed by atoms with van der Waals surface area (Å²) >= 11 is 0. The van der Waals surface area contributed by atoms with Crippen LogP contribution in [0.1, 0.15) is 57.7 Å². The monoisotopic (exact) mass is 357 g/mol. The molecule has 0 radical (unpaired) electrons. The van der Waals surface area contributed by atoms with Gasteiger partial charge in [0.1, 0.15) is 23.1 Å². The number of amides is 1. The Kier molecular flexibility index (Phi) is 6.73. The average molecular weight is 357 g/mol. The number of aryl methyl sites for hydroxylation is 1. The molecule has 0 aliphatic carbocycles. The molecule has 140 valence electrons. The molecule has 26 heavy (non-hydrogen) atoms. The van der Waals surface area contributed by atoms with E-state index in [0.29, 0.717) is 44.0 Å². The first kappa shape index (κ1) is 19.9. The molecule has 2 heterocycles. The molecule has 0 unspecified atom stereocenters. The maximum Gasteiger partial charge on any atom is 0.410 e. The zero-order valence-electron chi connectivity index (χ0n) is 15.8. The highest BCUT2D eigenvalue weighted by Gasteiger charge is 2.27. The molecule has 1 aliphatic heterocycles. The van der Waals surface area contributed by atoms with Gasteiger partial charge in [-0.05, 0) is 63.6 Å². The van der Waals surface area contributed by atoms with Gasteiger partial charge in [-0.25, -0.2) is 9.78 Å². The number of hydrogen-bond acceptors (Lipinski definition) is 5. The summed E-state index contributed by atoms with van der Waals surface area (Å²) in [6.45, 7) is 6.86. The molecular formula is C20H27N3O3. The van der Waals surface area contributed by atoms with Crippen molar-refractivity contribution < 1.29 is 14.3 Å². The summed E-state index contributed by atoms with van der Waals surface area (Å²) in [5, 5.41) is 8.86. The molecule has 0 saturated carbocycles. The lowest BCUT2D eigenvalue weighted by Crippen LogP contribution is -2.42. The highest BCUT2D eigenvalue weighted by molar-refractivity contribution is 5.79. The van der Waals surface area contributed by atoms with Crippen molar-refractivity contribution in [2.75, 3.05) is 13.1 Å². The van der Waals surface area contributed by atoms with Gasteiger partial charge in [-0.2, -0.15) is 5.26 Å². The van der Waals surface area contributed by atoms with E-state index in [4.69, 9.17) is 10.00 Å². The molecular weight excluding hydrogens is 330 g/mol. The summed E-state index contributed by atoms with van der Waals surface area (Å²) in [7, 11) is 0. The van der Waals surface area contributed by atoms with Gasteiger partial charge < -0.3 is 9.64 Å². The van der Waals surface area contributed by atoms with Crippen LogP contribution in [0.15, 0.2) is 18.3 Å². The number of nitriles is 1. The third-order valence-electron chi connectivity index (χ3n) is 4.41. The first-order valence-electron chi connectivity index (χ1n) is 9.11. The van der Waals surface area contributed by atoms with Crippen molar-refractivity contribution in [3.63, 3.8) is 0 Å². The lowest BCUT2D eigenvalue weighted by molar-refractivity contribution is -0.120. The van der Waals surface area contributed by atoms with Crippen LogP contribution in [0.2, 0.25) is 0 Å². The van der Waals surface area contributed by atoms with E-state index in [2.05, 4.69) is 4.98 Å². The molecule has 0 spiro atoms. The first-order valence-corrected chi connectivity index (χ1v) is 9.11. The molecule has 1 saturated heterocycles. The lowest BCUT2D eigenvalue weighted by Gasteiger charge is -2.33. The molecule has 1 aromatic rings. The Balaban J connectivity index is 1.72. The third kappa shape index (κ3) is 6.47. The van der Waals surface area contributed by atoms with E-state index >= 15 is 0 Å². The molecule has 2 rings (SSSR count). The van der Waals surface area contributed by atoms with Gasteiger partial charge in [0.05, 0.1) is 0 Å². The van der Waals surface area contributed by atoms with Gasteiger partial charge in [0.25, 0.3) is 0 Å². The van der Waals surface area contributed by atoms with Crippen LogP contribution in [0.3, 0.4) is 0 Å². The third-order valence-corrected chi connectivity index (χ3v) is 4.41. The van der Waals surface area contributed by atoms with Crippen LogP contribution in [-0.2, 0) is 16.0 Å². The number of ketones is 1. The number of rotatable bonds is 5. The van der Waals surface area contributed by atoms with Crippen LogP contribution in [0.5, 0.6) is 0 Å². The van der Waals surface area contributed by atoms with Crippen molar-refractivity contribution in [3.8, 4) is 6.07 Å². The Morgan fingerprint density at radius 1 is 1.35 bits per heavy atom. The van der Waals surface area contributed by atoms with Crippen molar-refractivity contribution >= 4 is 11.9 Å².